The van der Waals surface area contributed by atoms with E-state index in [-0.39, 0.29) is 17.0 Å². The molecule has 1 atom stereocenters. The van der Waals surface area contributed by atoms with E-state index in [0.717, 1.165) is 0 Å². The van der Waals surface area contributed by atoms with E-state index < -0.39 is 18.8 Å². The van der Waals surface area contributed by atoms with Gasteiger partial charge >= 0.3 is 5.97 Å². The van der Waals surface area contributed by atoms with Gasteiger partial charge in [0.25, 0.3) is 0 Å². The van der Waals surface area contributed by atoms with Gasteiger partial charge in [-0.2, -0.15) is 5.10 Å². The van der Waals surface area contributed by atoms with Gasteiger partial charge in [0.15, 0.2) is 11.9 Å². The summed E-state index contributed by atoms with van der Waals surface area (Å²) in [5.41, 5.74) is -0.247. The van der Waals surface area contributed by atoms with Crippen molar-refractivity contribution in [1.29, 1.82) is 0 Å². The summed E-state index contributed by atoms with van der Waals surface area (Å²) in [5.74, 6) is -1.26. The quantitative estimate of drug-likeness (QED) is 0.756. The van der Waals surface area contributed by atoms with E-state index in [2.05, 4.69) is 10.2 Å². The molecule has 4 nitrogen and oxygen atoms in total. The Morgan fingerprint density at radius 1 is 1.77 bits per heavy atom. The SMILES string of the molecule is Cc1c(C(=O)O)n[nH]c1C(F)CF. The molecule has 0 aromatic carbocycles. The zero-order valence-corrected chi connectivity index (χ0v) is 6.84. The summed E-state index contributed by atoms with van der Waals surface area (Å²) in [6.07, 6.45) is -1.83. The van der Waals surface area contributed by atoms with Crippen LogP contribution in [0.5, 0.6) is 0 Å². The molecule has 1 rings (SSSR count). The number of nitrogens with one attached hydrogen (secondary N) is 1. The van der Waals surface area contributed by atoms with Gasteiger partial charge in [0.1, 0.15) is 6.67 Å². The Morgan fingerprint density at radius 3 is 2.77 bits per heavy atom. The molecule has 0 fully saturated rings. The average Bonchev–Trinajstić information content (AvgIpc) is 2.46. The van der Waals surface area contributed by atoms with Crippen LogP contribution < -0.4 is 0 Å². The van der Waals surface area contributed by atoms with Crippen molar-refractivity contribution < 1.29 is 18.7 Å². The molecule has 0 saturated carbocycles. The number of carboxylic acids is 1. The van der Waals surface area contributed by atoms with E-state index in [1.54, 1.807) is 0 Å². The molecule has 0 aliphatic heterocycles. The number of aromatic nitrogens is 2. The molecule has 13 heavy (non-hydrogen) atoms. The van der Waals surface area contributed by atoms with Gasteiger partial charge in [-0.1, -0.05) is 0 Å². The fourth-order valence-corrected chi connectivity index (χ4v) is 1.00. The van der Waals surface area contributed by atoms with Crippen molar-refractivity contribution in [2.45, 2.75) is 13.1 Å². The van der Waals surface area contributed by atoms with Gasteiger partial charge in [-0.3, -0.25) is 5.10 Å². The predicted molar refractivity (Wildman–Crippen MR) is 40.1 cm³/mol. The normalized spacial score (nSPS) is 12.8. The minimum Gasteiger partial charge on any atom is -0.476 e. The molecule has 0 aliphatic rings. The summed E-state index contributed by atoms with van der Waals surface area (Å²) in [5, 5.41) is 14.0. The fourth-order valence-electron chi connectivity index (χ4n) is 1.00. The first-order valence-electron chi connectivity index (χ1n) is 3.56. The van der Waals surface area contributed by atoms with Crippen LogP contribution in [-0.4, -0.2) is 27.9 Å². The van der Waals surface area contributed by atoms with E-state index in [9.17, 15) is 13.6 Å². The van der Waals surface area contributed by atoms with Gasteiger partial charge in [-0.15, -0.1) is 0 Å². The molecular formula is C7H8F2N2O2. The summed E-state index contributed by atoms with van der Waals surface area (Å²) in [6, 6.07) is 0. The van der Waals surface area contributed by atoms with Gasteiger partial charge in [0.05, 0.1) is 5.69 Å². The van der Waals surface area contributed by atoms with Crippen molar-refractivity contribution >= 4 is 5.97 Å². The lowest BCUT2D eigenvalue weighted by Gasteiger charge is -2.00. The minimum absolute atomic E-state index is 0.111. The highest BCUT2D eigenvalue weighted by atomic mass is 19.2. The van der Waals surface area contributed by atoms with Crippen molar-refractivity contribution in [3.05, 3.63) is 17.0 Å². The monoisotopic (exact) mass is 190 g/mol. The van der Waals surface area contributed by atoms with E-state index in [0.29, 0.717) is 0 Å². The Morgan fingerprint density at radius 2 is 2.38 bits per heavy atom. The van der Waals surface area contributed by atoms with Crippen LogP contribution in [0.15, 0.2) is 0 Å². The third-order valence-electron chi connectivity index (χ3n) is 1.70. The highest BCUT2D eigenvalue weighted by Crippen LogP contribution is 2.21. The molecule has 1 unspecified atom stereocenters. The Bertz CT molecular complexity index is 324. The smallest absolute Gasteiger partial charge is 0.356 e. The van der Waals surface area contributed by atoms with Crippen LogP contribution in [0.1, 0.15) is 27.9 Å². The second-order valence-electron chi connectivity index (χ2n) is 2.54. The first-order chi connectivity index (χ1) is 6.07. The number of carbonyl (C=O) groups is 1. The Labute approximate surface area is 72.6 Å². The summed E-state index contributed by atoms with van der Waals surface area (Å²) >= 11 is 0. The first kappa shape index (κ1) is 9.63. The molecule has 0 amide bonds. The Hall–Kier alpha value is -1.46. The zero-order valence-electron chi connectivity index (χ0n) is 6.84. The lowest BCUT2D eigenvalue weighted by Crippen LogP contribution is -2.00. The minimum atomic E-state index is -1.83. The number of nitrogens with zero attached hydrogens (tertiary/aromatic N) is 1. The molecule has 0 saturated heterocycles. The van der Waals surface area contributed by atoms with Crippen molar-refractivity contribution in [2.75, 3.05) is 6.67 Å². The standard InChI is InChI=1S/C7H8F2N2O2/c1-3-5(4(9)2-8)10-11-6(3)7(12)13/h4H,2H2,1H3,(H,10,11)(H,12,13). The molecular weight excluding hydrogens is 182 g/mol. The van der Waals surface area contributed by atoms with Crippen LogP contribution in [0.2, 0.25) is 0 Å². The molecule has 1 aromatic heterocycles. The molecule has 72 valence electrons. The molecule has 0 spiro atoms. The summed E-state index contributed by atoms with van der Waals surface area (Å²) in [4.78, 5) is 10.4. The molecule has 0 radical (unpaired) electrons. The molecule has 2 N–H and O–H groups in total. The number of halogens is 2. The van der Waals surface area contributed by atoms with Crippen LogP contribution in [0.25, 0.3) is 0 Å². The maximum Gasteiger partial charge on any atom is 0.356 e. The van der Waals surface area contributed by atoms with Crippen molar-refractivity contribution in [3.8, 4) is 0 Å². The van der Waals surface area contributed by atoms with Crippen molar-refractivity contribution in [1.82, 2.24) is 10.2 Å². The molecule has 0 bridgehead atoms. The van der Waals surface area contributed by atoms with Gasteiger partial charge in [-0.05, 0) is 6.92 Å². The molecule has 1 heterocycles. The number of aromatic carboxylic acids is 1. The summed E-state index contributed by atoms with van der Waals surface area (Å²) < 4.78 is 24.7. The molecule has 6 heteroatoms. The lowest BCUT2D eigenvalue weighted by molar-refractivity contribution is 0.0689. The van der Waals surface area contributed by atoms with Gasteiger partial charge in [0, 0.05) is 5.56 Å². The number of carboxylic acid groups (broad SMARTS) is 1. The van der Waals surface area contributed by atoms with E-state index in [1.165, 1.54) is 6.92 Å². The number of alkyl halides is 2. The van der Waals surface area contributed by atoms with Crippen LogP contribution in [0.3, 0.4) is 0 Å². The highest BCUT2D eigenvalue weighted by Gasteiger charge is 2.20. The Balaban J connectivity index is 3.06. The number of aromatic amines is 1. The average molecular weight is 190 g/mol. The third kappa shape index (κ3) is 1.66. The lowest BCUT2D eigenvalue weighted by atomic mass is 10.1. The molecule has 0 aliphatic carbocycles. The van der Waals surface area contributed by atoms with E-state index >= 15 is 0 Å². The zero-order chi connectivity index (χ0) is 10.0. The second-order valence-corrected chi connectivity index (χ2v) is 2.54. The number of H-pyrrole nitrogens is 1. The Kier molecular flexibility index (Phi) is 2.60. The number of hydrogen-bond donors (Lipinski definition) is 2. The maximum atomic E-state index is 12.8. The number of rotatable bonds is 3. The highest BCUT2D eigenvalue weighted by molar-refractivity contribution is 5.87. The second kappa shape index (κ2) is 3.51. The first-order valence-corrected chi connectivity index (χ1v) is 3.56. The van der Waals surface area contributed by atoms with Gasteiger partial charge < -0.3 is 5.11 Å². The van der Waals surface area contributed by atoms with Crippen LogP contribution in [0, 0.1) is 6.92 Å². The predicted octanol–water partition coefficient (Wildman–Crippen LogP) is 1.40. The number of hydrogen-bond acceptors (Lipinski definition) is 2. The van der Waals surface area contributed by atoms with Crippen LogP contribution >= 0.6 is 0 Å². The van der Waals surface area contributed by atoms with Gasteiger partial charge in [0.2, 0.25) is 0 Å². The molecule has 1 aromatic rings. The van der Waals surface area contributed by atoms with Crippen LogP contribution in [0.4, 0.5) is 8.78 Å². The van der Waals surface area contributed by atoms with Gasteiger partial charge in [-0.25, -0.2) is 13.6 Å². The van der Waals surface area contributed by atoms with E-state index in [1.807, 2.05) is 0 Å². The van der Waals surface area contributed by atoms with Crippen molar-refractivity contribution in [2.24, 2.45) is 0 Å². The van der Waals surface area contributed by atoms with Crippen molar-refractivity contribution in [3.63, 3.8) is 0 Å². The third-order valence-corrected chi connectivity index (χ3v) is 1.70. The maximum absolute atomic E-state index is 12.8. The van der Waals surface area contributed by atoms with E-state index in [4.69, 9.17) is 5.11 Å². The summed E-state index contributed by atoms with van der Waals surface area (Å²) in [7, 11) is 0. The fraction of sp³-hybridized carbons (Fsp3) is 0.429. The topological polar surface area (TPSA) is 66.0 Å². The largest absolute Gasteiger partial charge is 0.476 e. The van der Waals surface area contributed by atoms with Crippen LogP contribution in [-0.2, 0) is 0 Å². The summed E-state index contributed by atoms with van der Waals surface area (Å²) in [6.45, 7) is 0.187.